The van der Waals surface area contributed by atoms with E-state index in [1.807, 2.05) is 32.2 Å². The van der Waals surface area contributed by atoms with E-state index in [1.165, 1.54) is 4.88 Å². The fourth-order valence-corrected chi connectivity index (χ4v) is 2.71. The van der Waals surface area contributed by atoms with Crippen molar-refractivity contribution in [3.8, 4) is 0 Å². The van der Waals surface area contributed by atoms with Crippen LogP contribution in [0.2, 0.25) is 0 Å². The fraction of sp³-hybridized carbons (Fsp3) is 0.467. The molecule has 2 rings (SSSR count). The summed E-state index contributed by atoms with van der Waals surface area (Å²) in [6, 6.07) is 4.01. The lowest BCUT2D eigenvalue weighted by molar-refractivity contribution is 0.441. The number of rotatable bonds is 5. The number of furan rings is 1. The molecule has 0 radical (unpaired) electrons. The number of nitrogens with one attached hydrogen (secondary N) is 2. The molecule has 0 aliphatic carbocycles. The van der Waals surface area contributed by atoms with Gasteiger partial charge in [0.05, 0.1) is 12.6 Å². The molecule has 0 aliphatic rings. The summed E-state index contributed by atoms with van der Waals surface area (Å²) in [5, 5.41) is 7.65. The zero-order chi connectivity index (χ0) is 15.2. The number of hydrogen-bond acceptors (Lipinski definition) is 4. The van der Waals surface area contributed by atoms with Crippen molar-refractivity contribution >= 4 is 17.3 Å². The maximum atomic E-state index is 5.62. The summed E-state index contributed by atoms with van der Waals surface area (Å²) in [6.45, 7) is 6.80. The van der Waals surface area contributed by atoms with Crippen LogP contribution in [-0.2, 0) is 13.0 Å². The zero-order valence-corrected chi connectivity index (χ0v) is 13.8. The molecular weight excluding hydrogens is 284 g/mol. The maximum Gasteiger partial charge on any atom is 0.191 e. The van der Waals surface area contributed by atoms with Gasteiger partial charge in [0, 0.05) is 18.1 Å². The minimum absolute atomic E-state index is 0.0624. The molecule has 0 fully saturated rings. The van der Waals surface area contributed by atoms with Crippen molar-refractivity contribution in [1.29, 1.82) is 0 Å². The van der Waals surface area contributed by atoms with Crippen LogP contribution >= 0.6 is 11.3 Å². The van der Waals surface area contributed by atoms with E-state index in [0.717, 1.165) is 28.9 Å². The van der Waals surface area contributed by atoms with Crippen molar-refractivity contribution in [2.45, 2.75) is 39.8 Å². The Morgan fingerprint density at radius 3 is 2.86 bits per heavy atom. The molecule has 2 heterocycles. The minimum atomic E-state index is 0.0624. The first-order valence-electron chi connectivity index (χ1n) is 7.09. The molecule has 0 saturated carbocycles. The summed E-state index contributed by atoms with van der Waals surface area (Å²) < 4.78 is 5.62. The van der Waals surface area contributed by atoms with Crippen LogP contribution < -0.4 is 10.6 Å². The Morgan fingerprint density at radius 2 is 2.29 bits per heavy atom. The van der Waals surface area contributed by atoms with Gasteiger partial charge < -0.3 is 15.1 Å². The quantitative estimate of drug-likeness (QED) is 0.658. The highest BCUT2D eigenvalue weighted by molar-refractivity contribution is 7.11. The highest BCUT2D eigenvalue weighted by Crippen LogP contribution is 2.15. The van der Waals surface area contributed by atoms with Crippen LogP contribution in [0.5, 0.6) is 0 Å². The monoisotopic (exact) mass is 306 g/mol. The fourth-order valence-electron chi connectivity index (χ4n) is 1.91. The Labute approximate surface area is 129 Å². The van der Waals surface area contributed by atoms with Gasteiger partial charge in [-0.15, -0.1) is 11.3 Å². The number of hydrogen-bond donors (Lipinski definition) is 2. The van der Waals surface area contributed by atoms with Crippen LogP contribution in [0.25, 0.3) is 0 Å². The van der Waals surface area contributed by atoms with Crippen LogP contribution in [0.4, 0.5) is 0 Å². The second-order valence-electron chi connectivity index (χ2n) is 4.81. The van der Waals surface area contributed by atoms with Crippen molar-refractivity contribution in [3.05, 3.63) is 39.7 Å². The topological polar surface area (TPSA) is 62.5 Å². The number of aromatic nitrogens is 1. The van der Waals surface area contributed by atoms with E-state index in [1.54, 1.807) is 18.4 Å². The molecule has 1 atom stereocenters. The van der Waals surface area contributed by atoms with E-state index in [-0.39, 0.29) is 6.04 Å². The third-order valence-corrected chi connectivity index (χ3v) is 4.26. The number of aliphatic imine (C=N–C) groups is 1. The minimum Gasteiger partial charge on any atom is -0.464 e. The Bertz CT molecular complexity index is 602. The molecular formula is C15H22N4OS. The van der Waals surface area contributed by atoms with E-state index < -0.39 is 0 Å². The van der Waals surface area contributed by atoms with Crippen molar-refractivity contribution in [2.24, 2.45) is 4.99 Å². The van der Waals surface area contributed by atoms with Gasteiger partial charge in [0.15, 0.2) is 5.96 Å². The van der Waals surface area contributed by atoms with Gasteiger partial charge in [0.25, 0.3) is 0 Å². The highest BCUT2D eigenvalue weighted by Gasteiger charge is 2.11. The van der Waals surface area contributed by atoms with Gasteiger partial charge in [-0.25, -0.2) is 4.98 Å². The third kappa shape index (κ3) is 4.32. The van der Waals surface area contributed by atoms with Gasteiger partial charge in [0.2, 0.25) is 0 Å². The predicted octanol–water partition coefficient (Wildman–Crippen LogP) is 3.03. The Hall–Kier alpha value is -1.82. The van der Waals surface area contributed by atoms with Crippen LogP contribution in [0, 0.1) is 6.92 Å². The number of guanidine groups is 1. The number of aryl methyl sites for hydroxylation is 2. The first-order valence-corrected chi connectivity index (χ1v) is 7.91. The molecule has 0 amide bonds. The van der Waals surface area contributed by atoms with Crippen molar-refractivity contribution < 1.29 is 4.42 Å². The lowest BCUT2D eigenvalue weighted by Gasteiger charge is -2.15. The standard InChI is InChI=1S/C15H22N4OS/c1-5-12-8-17-14(21-12)9-18-15(16-4)19-11(3)13-7-6-10(2)20-13/h6-8,11H,5,9H2,1-4H3,(H2,16,18,19). The van der Waals surface area contributed by atoms with Gasteiger partial charge in [-0.2, -0.15) is 0 Å². The third-order valence-electron chi connectivity index (χ3n) is 3.12. The van der Waals surface area contributed by atoms with Crippen LogP contribution in [0.3, 0.4) is 0 Å². The molecule has 0 saturated heterocycles. The molecule has 1 unspecified atom stereocenters. The second kappa shape index (κ2) is 7.26. The van der Waals surface area contributed by atoms with Gasteiger partial charge in [-0.1, -0.05) is 6.92 Å². The number of thiazole rings is 1. The summed E-state index contributed by atoms with van der Waals surface area (Å²) in [5.41, 5.74) is 0. The molecule has 21 heavy (non-hydrogen) atoms. The summed E-state index contributed by atoms with van der Waals surface area (Å²) >= 11 is 1.73. The molecule has 0 bridgehead atoms. The van der Waals surface area contributed by atoms with E-state index in [0.29, 0.717) is 6.54 Å². The lowest BCUT2D eigenvalue weighted by atomic mass is 10.2. The number of nitrogens with zero attached hydrogens (tertiary/aromatic N) is 2. The average Bonchev–Trinajstić information content (AvgIpc) is 3.11. The Balaban J connectivity index is 1.88. The average molecular weight is 306 g/mol. The first kappa shape index (κ1) is 15.6. The Kier molecular flexibility index (Phi) is 5.38. The molecule has 2 N–H and O–H groups in total. The van der Waals surface area contributed by atoms with Crippen LogP contribution in [0.1, 0.15) is 41.3 Å². The van der Waals surface area contributed by atoms with Gasteiger partial charge in [-0.05, 0) is 32.4 Å². The van der Waals surface area contributed by atoms with E-state index in [2.05, 4.69) is 27.5 Å². The van der Waals surface area contributed by atoms with Crippen molar-refractivity contribution in [3.63, 3.8) is 0 Å². The summed E-state index contributed by atoms with van der Waals surface area (Å²) in [4.78, 5) is 9.92. The summed E-state index contributed by atoms with van der Waals surface area (Å²) in [5.74, 6) is 2.55. The lowest BCUT2D eigenvalue weighted by Crippen LogP contribution is -2.38. The largest absolute Gasteiger partial charge is 0.464 e. The van der Waals surface area contributed by atoms with E-state index in [4.69, 9.17) is 4.42 Å². The molecule has 0 aliphatic heterocycles. The smallest absolute Gasteiger partial charge is 0.191 e. The zero-order valence-electron chi connectivity index (χ0n) is 12.9. The molecule has 5 nitrogen and oxygen atoms in total. The second-order valence-corrected chi connectivity index (χ2v) is 6.01. The normalized spacial score (nSPS) is 13.2. The highest BCUT2D eigenvalue weighted by atomic mass is 32.1. The first-order chi connectivity index (χ1) is 10.1. The summed E-state index contributed by atoms with van der Waals surface area (Å²) in [7, 11) is 1.76. The van der Waals surface area contributed by atoms with E-state index in [9.17, 15) is 0 Å². The van der Waals surface area contributed by atoms with Gasteiger partial charge in [-0.3, -0.25) is 4.99 Å². The predicted molar refractivity (Wildman–Crippen MR) is 86.7 cm³/mol. The molecule has 0 aromatic carbocycles. The molecule has 0 spiro atoms. The van der Waals surface area contributed by atoms with E-state index >= 15 is 0 Å². The maximum absolute atomic E-state index is 5.62. The van der Waals surface area contributed by atoms with Crippen molar-refractivity contribution in [2.75, 3.05) is 7.05 Å². The SMILES string of the molecule is CCc1cnc(CNC(=NC)NC(C)c2ccc(C)o2)s1. The molecule has 2 aromatic heterocycles. The summed E-state index contributed by atoms with van der Waals surface area (Å²) in [6.07, 6.45) is 2.96. The van der Waals surface area contributed by atoms with Crippen LogP contribution in [-0.4, -0.2) is 18.0 Å². The molecule has 2 aromatic rings. The van der Waals surface area contributed by atoms with Gasteiger partial charge in [0.1, 0.15) is 16.5 Å². The molecule has 6 heteroatoms. The molecule has 114 valence electrons. The van der Waals surface area contributed by atoms with Gasteiger partial charge >= 0.3 is 0 Å². The Morgan fingerprint density at radius 1 is 1.48 bits per heavy atom. The van der Waals surface area contributed by atoms with Crippen LogP contribution in [0.15, 0.2) is 27.7 Å². The van der Waals surface area contributed by atoms with Crippen molar-refractivity contribution in [1.82, 2.24) is 15.6 Å².